The van der Waals surface area contributed by atoms with Gasteiger partial charge in [0.2, 0.25) is 11.0 Å². The van der Waals surface area contributed by atoms with E-state index in [1.54, 1.807) is 0 Å². The fraction of sp³-hybridized carbons (Fsp3) is 0.360. The van der Waals surface area contributed by atoms with E-state index in [1.807, 2.05) is 0 Å². The second kappa shape index (κ2) is 8.87. The molecule has 0 unspecified atom stereocenters. The largest absolute Gasteiger partial charge is 0.493 e. The molecule has 0 fully saturated rings. The molecule has 1 N–H and O–H groups in total. The molecular formula is C25H26N4O2S. The smallest absolute Gasteiger partial charge is 0.223 e. The van der Waals surface area contributed by atoms with Crippen LogP contribution in [0.2, 0.25) is 0 Å². The zero-order valence-electron chi connectivity index (χ0n) is 18.4. The summed E-state index contributed by atoms with van der Waals surface area (Å²) in [5, 5.41) is 12.4. The van der Waals surface area contributed by atoms with Gasteiger partial charge < -0.3 is 10.1 Å². The molecule has 6 nitrogen and oxygen atoms in total. The summed E-state index contributed by atoms with van der Waals surface area (Å²) < 4.78 is 5.82. The Morgan fingerprint density at radius 1 is 1.19 bits per heavy atom. The first-order chi connectivity index (χ1) is 15.6. The Kier molecular flexibility index (Phi) is 5.79. The maximum absolute atomic E-state index is 11.3. The monoisotopic (exact) mass is 446 g/mol. The summed E-state index contributed by atoms with van der Waals surface area (Å²) in [7, 11) is 0. The standard InChI is InChI=1S/C25H26N4O2S/c1-16(20-5-3-4-19-10-13-31-23(19)15-20)29-11-8-18-6-7-22(14-21(18)9-12-29)24-27-28-25(32-24)26-17(2)30/h4-7,14-16H,8-13H2,1-2H3,(H,26,28,30)/t16-/m1/s1. The minimum atomic E-state index is -0.134. The predicted molar refractivity (Wildman–Crippen MR) is 126 cm³/mol. The first-order valence-corrected chi connectivity index (χ1v) is 11.9. The number of benzene rings is 1. The number of allylic oxidation sites excluding steroid dienone is 1. The number of rotatable bonds is 4. The Hall–Kier alpha value is -2.99. The van der Waals surface area contributed by atoms with Gasteiger partial charge in [0.15, 0.2) is 0 Å². The number of hydrogen-bond donors (Lipinski definition) is 1. The van der Waals surface area contributed by atoms with Crippen LogP contribution < -0.4 is 5.32 Å². The molecule has 32 heavy (non-hydrogen) atoms. The highest BCUT2D eigenvalue weighted by molar-refractivity contribution is 7.18. The van der Waals surface area contributed by atoms with Crippen LogP contribution in [0.25, 0.3) is 10.6 Å². The van der Waals surface area contributed by atoms with Crippen LogP contribution in [-0.2, 0) is 22.4 Å². The van der Waals surface area contributed by atoms with Crippen molar-refractivity contribution < 1.29 is 9.53 Å². The Balaban J connectivity index is 1.31. The van der Waals surface area contributed by atoms with Crippen LogP contribution in [0.15, 0.2) is 59.1 Å². The summed E-state index contributed by atoms with van der Waals surface area (Å²) in [6.07, 6.45) is 9.33. The summed E-state index contributed by atoms with van der Waals surface area (Å²) in [6.45, 7) is 6.53. The molecule has 0 radical (unpaired) electrons. The fourth-order valence-corrected chi connectivity index (χ4v) is 5.24. The molecule has 3 heterocycles. The van der Waals surface area contributed by atoms with Gasteiger partial charge in [-0.15, -0.1) is 15.9 Å². The summed E-state index contributed by atoms with van der Waals surface area (Å²) >= 11 is 1.40. The Labute approximate surface area is 192 Å². The van der Waals surface area contributed by atoms with Crippen LogP contribution in [0.3, 0.4) is 0 Å². The maximum atomic E-state index is 11.3. The normalized spacial score (nSPS) is 18.9. The third-order valence-corrected chi connectivity index (χ3v) is 7.17. The second-order valence-electron chi connectivity index (χ2n) is 8.38. The molecule has 7 heteroatoms. The van der Waals surface area contributed by atoms with Crippen molar-refractivity contribution in [3.8, 4) is 10.6 Å². The van der Waals surface area contributed by atoms with Crippen molar-refractivity contribution in [2.45, 2.75) is 39.2 Å². The van der Waals surface area contributed by atoms with Gasteiger partial charge in [0.1, 0.15) is 10.8 Å². The summed E-state index contributed by atoms with van der Waals surface area (Å²) in [4.78, 5) is 13.8. The summed E-state index contributed by atoms with van der Waals surface area (Å²) in [5.41, 5.74) is 9.65. The average molecular weight is 447 g/mol. The highest BCUT2D eigenvalue weighted by Gasteiger charge is 2.23. The van der Waals surface area contributed by atoms with E-state index in [4.69, 9.17) is 4.74 Å². The summed E-state index contributed by atoms with van der Waals surface area (Å²) in [6, 6.07) is 6.86. The molecule has 5 rings (SSSR count). The van der Waals surface area contributed by atoms with Crippen LogP contribution in [0.4, 0.5) is 5.13 Å². The van der Waals surface area contributed by atoms with Gasteiger partial charge in [0, 0.05) is 43.6 Å². The van der Waals surface area contributed by atoms with E-state index in [2.05, 4.69) is 69.5 Å². The molecule has 2 aliphatic heterocycles. The van der Waals surface area contributed by atoms with Crippen molar-refractivity contribution in [1.29, 1.82) is 0 Å². The number of fused-ring (bicyclic) bond motifs is 1. The van der Waals surface area contributed by atoms with E-state index >= 15 is 0 Å². The second-order valence-corrected chi connectivity index (χ2v) is 9.35. The number of hydrogen-bond acceptors (Lipinski definition) is 6. The Morgan fingerprint density at radius 3 is 2.88 bits per heavy atom. The number of ether oxygens (including phenoxy) is 1. The lowest BCUT2D eigenvalue weighted by Gasteiger charge is -2.28. The van der Waals surface area contributed by atoms with Crippen LogP contribution in [-0.4, -0.2) is 46.7 Å². The van der Waals surface area contributed by atoms with Crippen LogP contribution in [0.5, 0.6) is 0 Å². The van der Waals surface area contributed by atoms with Crippen LogP contribution in [0.1, 0.15) is 31.4 Å². The molecule has 0 spiro atoms. The molecular weight excluding hydrogens is 420 g/mol. The number of nitrogens with one attached hydrogen (secondary N) is 1. The third kappa shape index (κ3) is 4.32. The van der Waals surface area contributed by atoms with E-state index in [1.165, 1.54) is 40.5 Å². The van der Waals surface area contributed by atoms with Gasteiger partial charge in [-0.05, 0) is 60.8 Å². The summed E-state index contributed by atoms with van der Waals surface area (Å²) in [5.74, 6) is 0.872. The number of carbonyl (C=O) groups is 1. The lowest BCUT2D eigenvalue weighted by molar-refractivity contribution is -0.114. The van der Waals surface area contributed by atoms with Gasteiger partial charge >= 0.3 is 0 Å². The highest BCUT2D eigenvalue weighted by atomic mass is 32.1. The lowest BCUT2D eigenvalue weighted by atomic mass is 10.0. The zero-order chi connectivity index (χ0) is 22.1. The van der Waals surface area contributed by atoms with Crippen LogP contribution >= 0.6 is 11.3 Å². The topological polar surface area (TPSA) is 67.4 Å². The van der Waals surface area contributed by atoms with E-state index in [0.717, 1.165) is 55.3 Å². The van der Waals surface area contributed by atoms with Crippen molar-refractivity contribution >= 4 is 22.4 Å². The Morgan fingerprint density at radius 2 is 2.03 bits per heavy atom. The molecule has 0 saturated heterocycles. The van der Waals surface area contributed by atoms with Gasteiger partial charge in [0.05, 0.1) is 6.61 Å². The van der Waals surface area contributed by atoms with E-state index in [9.17, 15) is 4.79 Å². The van der Waals surface area contributed by atoms with E-state index < -0.39 is 0 Å². The van der Waals surface area contributed by atoms with Gasteiger partial charge in [0.25, 0.3) is 0 Å². The minimum absolute atomic E-state index is 0.134. The number of anilines is 1. The number of carbonyl (C=O) groups excluding carboxylic acids is 1. The average Bonchev–Trinajstić information content (AvgIpc) is 3.30. The number of amides is 1. The molecule has 0 bridgehead atoms. The molecule has 1 aromatic heterocycles. The number of nitrogens with zero attached hydrogens (tertiary/aromatic N) is 3. The molecule has 3 aliphatic rings. The van der Waals surface area contributed by atoms with Gasteiger partial charge in [-0.25, -0.2) is 0 Å². The predicted octanol–water partition coefficient (Wildman–Crippen LogP) is 4.28. The fourth-order valence-electron chi connectivity index (χ4n) is 4.45. The molecule has 0 saturated carbocycles. The Bertz CT molecular complexity index is 1190. The van der Waals surface area contributed by atoms with Crippen LogP contribution in [0, 0.1) is 0 Å². The SMILES string of the molecule is CC(=O)Nc1nnc(-c2ccc3c(c2)CCN([C@H](C)C2=CC4=C(C=C=C2)CCO4)CC3)s1. The van der Waals surface area contributed by atoms with Crippen molar-refractivity contribution in [2.75, 3.05) is 25.0 Å². The van der Waals surface area contributed by atoms with Gasteiger partial charge in [-0.2, -0.15) is 0 Å². The lowest BCUT2D eigenvalue weighted by Crippen LogP contribution is -2.36. The molecule has 1 amide bonds. The minimum Gasteiger partial charge on any atom is -0.493 e. The first kappa shape index (κ1) is 20.9. The molecule has 2 aromatic rings. The van der Waals surface area contributed by atoms with Crippen molar-refractivity contribution in [3.63, 3.8) is 0 Å². The van der Waals surface area contributed by atoms with Crippen molar-refractivity contribution in [1.82, 2.24) is 15.1 Å². The van der Waals surface area contributed by atoms with Gasteiger partial charge in [-0.1, -0.05) is 23.5 Å². The van der Waals surface area contributed by atoms with Crippen molar-refractivity contribution in [3.05, 3.63) is 70.2 Å². The number of aromatic nitrogens is 2. The highest BCUT2D eigenvalue weighted by Crippen LogP contribution is 2.31. The molecule has 1 atom stereocenters. The maximum Gasteiger partial charge on any atom is 0.223 e. The van der Waals surface area contributed by atoms with Crippen molar-refractivity contribution in [2.24, 2.45) is 0 Å². The molecule has 1 aliphatic carbocycles. The van der Waals surface area contributed by atoms with E-state index in [0.29, 0.717) is 11.2 Å². The third-order valence-electron chi connectivity index (χ3n) is 6.28. The first-order valence-electron chi connectivity index (χ1n) is 11.0. The van der Waals surface area contributed by atoms with E-state index in [-0.39, 0.29) is 5.91 Å². The zero-order valence-corrected chi connectivity index (χ0v) is 19.2. The molecule has 164 valence electrons. The van der Waals surface area contributed by atoms with Gasteiger partial charge in [-0.3, -0.25) is 9.69 Å². The quantitative estimate of drug-likeness (QED) is 0.710. The molecule has 1 aromatic carbocycles.